The van der Waals surface area contributed by atoms with E-state index in [0.717, 1.165) is 32.1 Å². The normalized spacial score (nSPS) is 30.2. The lowest BCUT2D eigenvalue weighted by molar-refractivity contribution is -0.0130. The van der Waals surface area contributed by atoms with Gasteiger partial charge in [-0.05, 0) is 84.9 Å². The van der Waals surface area contributed by atoms with E-state index in [9.17, 15) is 0 Å². The third-order valence-electron chi connectivity index (χ3n) is 10.5. The molecule has 0 aromatic carbocycles. The van der Waals surface area contributed by atoms with E-state index < -0.39 is 16.6 Å². The van der Waals surface area contributed by atoms with Crippen LogP contribution >= 0.6 is 23.5 Å². The smallest absolute Gasteiger partial charge is 0.192 e. The van der Waals surface area contributed by atoms with Gasteiger partial charge in [0.15, 0.2) is 16.6 Å². The Labute approximate surface area is 238 Å². The Morgan fingerprint density at radius 1 is 0.973 bits per heavy atom. The van der Waals surface area contributed by atoms with Crippen LogP contribution in [0.2, 0.25) is 36.3 Å². The van der Waals surface area contributed by atoms with Crippen LogP contribution in [0.5, 0.6) is 0 Å². The summed E-state index contributed by atoms with van der Waals surface area (Å²) in [5.41, 5.74) is 3.07. The molecule has 2 heterocycles. The minimum absolute atomic E-state index is 0.0997. The van der Waals surface area contributed by atoms with E-state index in [1.54, 1.807) is 0 Å². The van der Waals surface area contributed by atoms with Crippen LogP contribution in [0, 0.1) is 5.92 Å². The number of thioether (sulfide) groups is 2. The van der Waals surface area contributed by atoms with Crippen molar-refractivity contribution >= 4 is 40.2 Å². The summed E-state index contributed by atoms with van der Waals surface area (Å²) in [6.07, 6.45) is 9.53. The minimum atomic E-state index is -1.93. The Morgan fingerprint density at radius 2 is 1.57 bits per heavy atom. The van der Waals surface area contributed by atoms with Gasteiger partial charge in [-0.2, -0.15) is 0 Å². The number of hydrogen-bond acceptors (Lipinski definition) is 5. The Bertz CT molecular complexity index is 940. The molecule has 0 amide bonds. The van der Waals surface area contributed by atoms with Crippen molar-refractivity contribution in [2.45, 2.75) is 145 Å². The van der Waals surface area contributed by atoms with Gasteiger partial charge in [-0.3, -0.25) is 0 Å². The monoisotopic (exact) mass is 582 g/mol. The molecule has 4 rings (SSSR count). The largest absolute Gasteiger partial charge is 0.469 e. The molecule has 3 nitrogen and oxygen atoms in total. The van der Waals surface area contributed by atoms with Crippen molar-refractivity contribution in [3.05, 3.63) is 23.2 Å². The number of rotatable bonds is 6. The van der Waals surface area contributed by atoms with Crippen LogP contribution in [-0.4, -0.2) is 44.9 Å². The van der Waals surface area contributed by atoms with Crippen molar-refractivity contribution in [1.82, 2.24) is 0 Å². The SMILES string of the molecule is CC(C)(C)[Si](C)(C)O[C@H]1CC[C@]2(C)c3coc(CC4SCCCS4)c3C[C@H](O[Si](C)(C)C(C)(C)C)[C@@H]2C1. The van der Waals surface area contributed by atoms with Gasteiger partial charge < -0.3 is 13.3 Å². The fourth-order valence-electron chi connectivity index (χ4n) is 6.03. The fraction of sp³-hybridized carbons (Fsp3) is 0.867. The maximum Gasteiger partial charge on any atom is 0.192 e. The maximum atomic E-state index is 7.34. The predicted octanol–water partition coefficient (Wildman–Crippen LogP) is 9.41. The molecule has 37 heavy (non-hydrogen) atoms. The second-order valence-electron chi connectivity index (χ2n) is 15.2. The van der Waals surface area contributed by atoms with Crippen molar-refractivity contribution < 1.29 is 13.3 Å². The van der Waals surface area contributed by atoms with Crippen LogP contribution in [0.15, 0.2) is 10.7 Å². The molecule has 1 aromatic rings. The van der Waals surface area contributed by atoms with Gasteiger partial charge in [0.25, 0.3) is 0 Å². The zero-order valence-corrected chi connectivity index (χ0v) is 29.2. The minimum Gasteiger partial charge on any atom is -0.469 e. The Hall–Kier alpha value is 0.334. The highest BCUT2D eigenvalue weighted by atomic mass is 32.2. The van der Waals surface area contributed by atoms with Gasteiger partial charge in [-0.25, -0.2) is 0 Å². The van der Waals surface area contributed by atoms with Crippen molar-refractivity contribution in [3.63, 3.8) is 0 Å². The predicted molar refractivity (Wildman–Crippen MR) is 168 cm³/mol. The molecule has 0 spiro atoms. The molecule has 4 atom stereocenters. The van der Waals surface area contributed by atoms with Gasteiger partial charge in [0.1, 0.15) is 5.76 Å². The Morgan fingerprint density at radius 3 is 2.16 bits per heavy atom. The van der Waals surface area contributed by atoms with E-state index in [1.165, 1.54) is 34.8 Å². The van der Waals surface area contributed by atoms with E-state index >= 15 is 0 Å². The molecule has 1 saturated heterocycles. The van der Waals surface area contributed by atoms with Gasteiger partial charge in [-0.1, -0.05) is 48.5 Å². The summed E-state index contributed by atoms with van der Waals surface area (Å²) in [7, 11) is -3.75. The fourth-order valence-corrected chi connectivity index (χ4v) is 11.6. The Kier molecular flexibility index (Phi) is 8.70. The number of hydrogen-bond donors (Lipinski definition) is 0. The van der Waals surface area contributed by atoms with Gasteiger partial charge in [-0.15, -0.1) is 23.5 Å². The lowest BCUT2D eigenvalue weighted by atomic mass is 9.57. The lowest BCUT2D eigenvalue weighted by Gasteiger charge is -2.54. The molecule has 0 radical (unpaired) electrons. The summed E-state index contributed by atoms with van der Waals surface area (Å²) in [5.74, 6) is 4.28. The lowest BCUT2D eigenvalue weighted by Crippen LogP contribution is -2.56. The van der Waals surface area contributed by atoms with E-state index in [0.29, 0.717) is 16.6 Å². The number of furan rings is 1. The van der Waals surface area contributed by atoms with Crippen LogP contribution in [0.3, 0.4) is 0 Å². The average Bonchev–Trinajstić information content (AvgIpc) is 3.16. The summed E-state index contributed by atoms with van der Waals surface area (Å²) in [6.45, 7) is 26.4. The molecule has 7 heteroatoms. The molecular weight excluding hydrogens is 529 g/mol. The topological polar surface area (TPSA) is 31.6 Å². The Balaban J connectivity index is 1.65. The summed E-state index contributed by atoms with van der Waals surface area (Å²) in [6, 6.07) is 0. The highest BCUT2D eigenvalue weighted by Crippen LogP contribution is 2.55. The average molecular weight is 583 g/mol. The summed E-state index contributed by atoms with van der Waals surface area (Å²) in [4.78, 5) is 0. The number of fused-ring (bicyclic) bond motifs is 3. The van der Waals surface area contributed by atoms with E-state index in [2.05, 4.69) is 104 Å². The summed E-state index contributed by atoms with van der Waals surface area (Å²) < 4.78 is 21.4. The highest BCUT2D eigenvalue weighted by molar-refractivity contribution is 8.17. The standard InChI is InChI=1S/C30H54O3S2Si2/c1-28(2,3)36(8,9)32-21-13-14-30(7)23(17-21)26(33-37(10,11)29(4,5)6)18-22-24(30)20-31-25(22)19-27-34-15-12-16-35-27/h20-21,23,26-27H,12-19H2,1-11H3/t21-,23-,26-,30-/m0/s1. The zero-order valence-electron chi connectivity index (χ0n) is 25.6. The van der Waals surface area contributed by atoms with E-state index in [1.807, 2.05) is 0 Å². The molecule has 1 saturated carbocycles. The van der Waals surface area contributed by atoms with Crippen molar-refractivity contribution in [3.8, 4) is 0 Å². The van der Waals surface area contributed by atoms with Crippen molar-refractivity contribution in [2.24, 2.45) is 5.92 Å². The molecule has 0 unspecified atom stereocenters. The first-order valence-electron chi connectivity index (χ1n) is 14.6. The molecule has 2 fully saturated rings. The van der Waals surface area contributed by atoms with Gasteiger partial charge in [0, 0.05) is 29.9 Å². The third-order valence-corrected chi connectivity index (χ3v) is 22.5. The van der Waals surface area contributed by atoms with Crippen LogP contribution < -0.4 is 0 Å². The molecule has 212 valence electrons. The van der Waals surface area contributed by atoms with Crippen LogP contribution in [0.25, 0.3) is 0 Å². The summed E-state index contributed by atoms with van der Waals surface area (Å²) >= 11 is 4.24. The maximum absolute atomic E-state index is 7.34. The van der Waals surface area contributed by atoms with Gasteiger partial charge >= 0.3 is 0 Å². The molecule has 1 aliphatic heterocycles. The first kappa shape index (κ1) is 30.3. The molecular formula is C30H54O3S2Si2. The van der Waals surface area contributed by atoms with E-state index in [-0.39, 0.29) is 21.6 Å². The molecule has 2 aliphatic carbocycles. The molecule has 3 aliphatic rings. The van der Waals surface area contributed by atoms with Gasteiger partial charge in [0.2, 0.25) is 0 Å². The van der Waals surface area contributed by atoms with Crippen LogP contribution in [0.1, 0.15) is 91.0 Å². The van der Waals surface area contributed by atoms with Crippen LogP contribution in [-0.2, 0) is 27.1 Å². The third kappa shape index (κ3) is 6.17. The molecule has 0 N–H and O–H groups in total. The van der Waals surface area contributed by atoms with Crippen LogP contribution in [0.4, 0.5) is 0 Å². The van der Waals surface area contributed by atoms with Crippen molar-refractivity contribution in [1.29, 1.82) is 0 Å². The quantitative estimate of drug-likeness (QED) is 0.312. The highest BCUT2D eigenvalue weighted by Gasteiger charge is 2.54. The van der Waals surface area contributed by atoms with Gasteiger partial charge in [0.05, 0.1) is 16.9 Å². The molecule has 1 aromatic heterocycles. The first-order valence-corrected chi connectivity index (χ1v) is 22.5. The van der Waals surface area contributed by atoms with E-state index in [4.69, 9.17) is 13.3 Å². The summed E-state index contributed by atoms with van der Waals surface area (Å²) in [5, 5.41) is 0.434. The second-order valence-corrected chi connectivity index (χ2v) is 27.6. The zero-order chi connectivity index (χ0) is 27.4. The molecule has 0 bridgehead atoms. The second kappa shape index (κ2) is 10.6. The van der Waals surface area contributed by atoms with Crippen molar-refractivity contribution in [2.75, 3.05) is 11.5 Å². The first-order chi connectivity index (χ1) is 16.9.